The lowest BCUT2D eigenvalue weighted by Gasteiger charge is -2.43. The van der Waals surface area contributed by atoms with Crippen molar-refractivity contribution in [1.29, 1.82) is 0 Å². The number of ether oxygens (including phenoxy) is 1. The summed E-state index contributed by atoms with van der Waals surface area (Å²) < 4.78 is 7.48. The molecule has 32 heavy (non-hydrogen) atoms. The molecule has 4 heterocycles. The number of piperidine rings is 1. The second kappa shape index (κ2) is 9.41. The molecular weight excluding hydrogens is 422 g/mol. The second-order valence-corrected chi connectivity index (χ2v) is 10.0. The quantitative estimate of drug-likeness (QED) is 0.697. The van der Waals surface area contributed by atoms with Crippen LogP contribution < -0.4 is 5.56 Å². The molecule has 5 rings (SSSR count). The van der Waals surface area contributed by atoms with E-state index in [0.717, 1.165) is 69.2 Å². The van der Waals surface area contributed by atoms with Crippen LogP contribution in [0.3, 0.4) is 0 Å². The summed E-state index contributed by atoms with van der Waals surface area (Å²) in [6.45, 7) is 6.40. The molecule has 170 valence electrons. The van der Waals surface area contributed by atoms with Crippen LogP contribution in [0, 0.1) is 5.92 Å². The number of fused-ring (bicyclic) bond motifs is 4. The standard InChI is InChI=1S/C25H31N3O3S/c1-32-17-24(29)27-13-18-12-20(16-27)23-7-6-22(25(30)28(23)14-18)21-5-3-2-4-19(21)15-26-8-10-31-11-9-26/h2-7,18,20H,8-17H2,1H3/t18-,20+/m0/s1. The molecule has 2 saturated heterocycles. The third-order valence-electron chi connectivity index (χ3n) is 7.03. The molecule has 2 atom stereocenters. The first-order valence-corrected chi connectivity index (χ1v) is 12.9. The van der Waals surface area contributed by atoms with Crippen LogP contribution in [-0.4, -0.2) is 71.7 Å². The van der Waals surface area contributed by atoms with Gasteiger partial charge in [-0.3, -0.25) is 14.5 Å². The minimum absolute atomic E-state index is 0.107. The highest BCUT2D eigenvalue weighted by molar-refractivity contribution is 7.99. The zero-order chi connectivity index (χ0) is 22.1. The summed E-state index contributed by atoms with van der Waals surface area (Å²) in [6.07, 6.45) is 3.03. The molecule has 2 fully saturated rings. The predicted molar refractivity (Wildman–Crippen MR) is 128 cm³/mol. The first-order chi connectivity index (χ1) is 15.6. The molecule has 1 aromatic carbocycles. The van der Waals surface area contributed by atoms with Gasteiger partial charge >= 0.3 is 0 Å². The van der Waals surface area contributed by atoms with Gasteiger partial charge in [-0.15, -0.1) is 0 Å². The highest BCUT2D eigenvalue weighted by Crippen LogP contribution is 2.36. The molecule has 1 amide bonds. The average molecular weight is 454 g/mol. The van der Waals surface area contributed by atoms with Crippen molar-refractivity contribution in [2.24, 2.45) is 5.92 Å². The zero-order valence-electron chi connectivity index (χ0n) is 18.7. The van der Waals surface area contributed by atoms with E-state index in [2.05, 4.69) is 29.2 Å². The Kier molecular flexibility index (Phi) is 6.40. The van der Waals surface area contributed by atoms with Crippen molar-refractivity contribution in [2.75, 3.05) is 51.4 Å². The average Bonchev–Trinajstić information content (AvgIpc) is 2.81. The highest BCUT2D eigenvalue weighted by Gasteiger charge is 2.36. The van der Waals surface area contributed by atoms with Gasteiger partial charge in [-0.1, -0.05) is 24.3 Å². The Morgan fingerprint density at radius 2 is 1.88 bits per heavy atom. The van der Waals surface area contributed by atoms with Crippen LogP contribution in [0.1, 0.15) is 23.6 Å². The van der Waals surface area contributed by atoms with Crippen molar-refractivity contribution in [1.82, 2.24) is 14.4 Å². The summed E-state index contributed by atoms with van der Waals surface area (Å²) in [7, 11) is 0. The number of hydrogen-bond acceptors (Lipinski definition) is 5. The van der Waals surface area contributed by atoms with Gasteiger partial charge in [0.25, 0.3) is 5.56 Å². The summed E-state index contributed by atoms with van der Waals surface area (Å²) in [4.78, 5) is 30.5. The number of carbonyl (C=O) groups excluding carboxylic acids is 1. The van der Waals surface area contributed by atoms with Crippen molar-refractivity contribution < 1.29 is 9.53 Å². The summed E-state index contributed by atoms with van der Waals surface area (Å²) in [5.41, 5.74) is 4.20. The molecule has 0 N–H and O–H groups in total. The van der Waals surface area contributed by atoms with Crippen LogP contribution in [0.25, 0.3) is 11.1 Å². The Bertz CT molecular complexity index is 1050. The summed E-state index contributed by atoms with van der Waals surface area (Å²) in [5.74, 6) is 1.35. The maximum absolute atomic E-state index is 13.7. The highest BCUT2D eigenvalue weighted by atomic mass is 32.2. The predicted octanol–water partition coefficient (Wildman–Crippen LogP) is 2.66. The molecule has 0 aliphatic carbocycles. The SMILES string of the molecule is CSCC(=O)N1C[C@@H]2C[C@H](C1)c1ccc(-c3ccccc3CN3CCOCC3)c(=O)n1C2. The van der Waals surface area contributed by atoms with Crippen molar-refractivity contribution in [2.45, 2.75) is 25.4 Å². The van der Waals surface area contributed by atoms with E-state index < -0.39 is 0 Å². The lowest BCUT2D eigenvalue weighted by atomic mass is 9.82. The molecule has 2 bridgehead atoms. The van der Waals surface area contributed by atoms with Gasteiger partial charge in [0.15, 0.2) is 0 Å². The van der Waals surface area contributed by atoms with Crippen LogP contribution >= 0.6 is 11.8 Å². The maximum atomic E-state index is 13.7. The molecule has 3 aliphatic heterocycles. The van der Waals surface area contributed by atoms with Crippen LogP contribution in [0.15, 0.2) is 41.2 Å². The number of carbonyl (C=O) groups is 1. The first kappa shape index (κ1) is 21.7. The van der Waals surface area contributed by atoms with Gasteiger partial charge in [0.2, 0.25) is 5.91 Å². The summed E-state index contributed by atoms with van der Waals surface area (Å²) in [6, 6.07) is 12.4. The summed E-state index contributed by atoms with van der Waals surface area (Å²) in [5, 5.41) is 0. The number of pyridine rings is 1. The number of benzene rings is 1. The van der Waals surface area contributed by atoms with E-state index in [1.165, 1.54) is 5.56 Å². The zero-order valence-corrected chi connectivity index (χ0v) is 19.5. The van der Waals surface area contributed by atoms with E-state index in [9.17, 15) is 9.59 Å². The van der Waals surface area contributed by atoms with E-state index in [1.54, 1.807) is 11.8 Å². The Balaban J connectivity index is 1.44. The van der Waals surface area contributed by atoms with Gasteiger partial charge in [0, 0.05) is 56.4 Å². The Labute approximate surface area is 193 Å². The van der Waals surface area contributed by atoms with Gasteiger partial charge in [-0.25, -0.2) is 0 Å². The van der Waals surface area contributed by atoms with Gasteiger partial charge in [0.1, 0.15) is 0 Å². The van der Waals surface area contributed by atoms with Gasteiger partial charge in [0.05, 0.1) is 19.0 Å². The second-order valence-electron chi connectivity index (χ2n) is 9.16. The van der Waals surface area contributed by atoms with Gasteiger partial charge in [-0.2, -0.15) is 11.8 Å². The van der Waals surface area contributed by atoms with Gasteiger partial charge < -0.3 is 14.2 Å². The van der Waals surface area contributed by atoms with Gasteiger partial charge in [-0.05, 0) is 41.9 Å². The fourth-order valence-electron chi connectivity index (χ4n) is 5.49. The molecule has 2 aromatic rings. The maximum Gasteiger partial charge on any atom is 0.258 e. The van der Waals surface area contributed by atoms with E-state index in [-0.39, 0.29) is 17.4 Å². The Morgan fingerprint density at radius 3 is 2.69 bits per heavy atom. The smallest absolute Gasteiger partial charge is 0.258 e. The third kappa shape index (κ3) is 4.26. The number of amides is 1. The Hall–Kier alpha value is -2.09. The number of aromatic nitrogens is 1. The van der Waals surface area contributed by atoms with Crippen molar-refractivity contribution >= 4 is 17.7 Å². The topological polar surface area (TPSA) is 54.8 Å². The fourth-order valence-corrected chi connectivity index (χ4v) is 5.92. The molecule has 0 radical (unpaired) electrons. The molecule has 6 nitrogen and oxygen atoms in total. The molecule has 7 heteroatoms. The molecule has 3 aliphatic rings. The minimum Gasteiger partial charge on any atom is -0.379 e. The number of thioether (sulfide) groups is 1. The fraction of sp³-hybridized carbons (Fsp3) is 0.520. The largest absolute Gasteiger partial charge is 0.379 e. The third-order valence-corrected chi connectivity index (χ3v) is 7.57. The van der Waals surface area contributed by atoms with Crippen LogP contribution in [0.2, 0.25) is 0 Å². The molecular formula is C25H31N3O3S. The van der Waals surface area contributed by atoms with E-state index in [4.69, 9.17) is 4.74 Å². The summed E-state index contributed by atoms with van der Waals surface area (Å²) >= 11 is 1.58. The lowest BCUT2D eigenvalue weighted by Crippen LogP contribution is -2.49. The number of nitrogens with zero attached hydrogens (tertiary/aromatic N) is 3. The van der Waals surface area contributed by atoms with Crippen LogP contribution in [0.5, 0.6) is 0 Å². The number of likely N-dealkylation sites (tertiary alicyclic amines) is 1. The van der Waals surface area contributed by atoms with Crippen LogP contribution in [0.4, 0.5) is 0 Å². The number of hydrogen-bond donors (Lipinski definition) is 0. The number of morpholine rings is 1. The van der Waals surface area contributed by atoms with Crippen LogP contribution in [-0.2, 0) is 22.6 Å². The van der Waals surface area contributed by atoms with E-state index in [1.807, 2.05) is 27.9 Å². The van der Waals surface area contributed by atoms with Crippen molar-refractivity contribution in [3.05, 3.63) is 58.0 Å². The van der Waals surface area contributed by atoms with Crippen molar-refractivity contribution in [3.63, 3.8) is 0 Å². The molecule has 0 unspecified atom stereocenters. The van der Waals surface area contributed by atoms with Crippen molar-refractivity contribution in [3.8, 4) is 11.1 Å². The monoisotopic (exact) mass is 453 g/mol. The number of rotatable bonds is 5. The molecule has 0 saturated carbocycles. The molecule has 0 spiro atoms. The van der Waals surface area contributed by atoms with E-state index >= 15 is 0 Å². The normalized spacial score (nSPS) is 23.1. The Morgan fingerprint density at radius 1 is 1.06 bits per heavy atom. The van der Waals surface area contributed by atoms with E-state index in [0.29, 0.717) is 18.2 Å². The molecule has 1 aromatic heterocycles. The minimum atomic E-state index is 0.107. The first-order valence-electron chi connectivity index (χ1n) is 11.5. The lowest BCUT2D eigenvalue weighted by molar-refractivity contribution is -0.131.